The molecule has 0 amide bonds. The first-order chi connectivity index (χ1) is 7.59. The van der Waals surface area contributed by atoms with Crippen molar-refractivity contribution < 1.29 is 4.39 Å². The predicted molar refractivity (Wildman–Crippen MR) is 65.9 cm³/mol. The maximum Gasteiger partial charge on any atom is 0.125 e. The second kappa shape index (κ2) is 4.32. The Morgan fingerprint density at radius 3 is 2.75 bits per heavy atom. The fourth-order valence-corrected chi connectivity index (χ4v) is 2.40. The minimum Gasteiger partial charge on any atom is -0.397 e. The van der Waals surface area contributed by atoms with Crippen molar-refractivity contribution in [2.75, 3.05) is 17.6 Å². The third kappa shape index (κ3) is 2.46. The first-order valence-electron chi connectivity index (χ1n) is 5.88. The largest absolute Gasteiger partial charge is 0.397 e. The van der Waals surface area contributed by atoms with Crippen LogP contribution in [-0.4, -0.2) is 6.54 Å². The van der Waals surface area contributed by atoms with E-state index in [4.69, 9.17) is 5.73 Å². The number of anilines is 2. The first kappa shape index (κ1) is 11.2. The second-order valence-corrected chi connectivity index (χ2v) is 5.10. The normalized spacial score (nSPS) is 18.6. The van der Waals surface area contributed by atoms with E-state index in [0.29, 0.717) is 16.8 Å². The Hall–Kier alpha value is -1.25. The lowest BCUT2D eigenvalue weighted by Gasteiger charge is -2.24. The van der Waals surface area contributed by atoms with Crippen molar-refractivity contribution >= 4 is 11.4 Å². The molecule has 0 unspecified atom stereocenters. The summed E-state index contributed by atoms with van der Waals surface area (Å²) in [5, 5.41) is 3.27. The summed E-state index contributed by atoms with van der Waals surface area (Å²) in [4.78, 5) is 0. The number of nitrogen functional groups attached to an aromatic ring is 1. The molecule has 0 heterocycles. The van der Waals surface area contributed by atoms with Gasteiger partial charge in [-0.2, -0.15) is 0 Å². The van der Waals surface area contributed by atoms with Crippen LogP contribution in [0.4, 0.5) is 15.8 Å². The van der Waals surface area contributed by atoms with Crippen molar-refractivity contribution in [1.29, 1.82) is 0 Å². The van der Waals surface area contributed by atoms with E-state index in [0.717, 1.165) is 6.54 Å². The predicted octanol–water partition coefficient (Wildman–Crippen LogP) is 3.40. The van der Waals surface area contributed by atoms with E-state index >= 15 is 0 Å². The molecule has 1 aromatic rings. The van der Waals surface area contributed by atoms with Crippen LogP contribution in [0.1, 0.15) is 32.6 Å². The second-order valence-electron chi connectivity index (χ2n) is 5.10. The minimum atomic E-state index is -0.242. The fraction of sp³-hybridized carbons (Fsp3) is 0.538. The summed E-state index contributed by atoms with van der Waals surface area (Å²) in [6, 6.07) is 4.46. The molecule has 0 aromatic heterocycles. The molecule has 1 aliphatic rings. The van der Waals surface area contributed by atoms with Gasteiger partial charge < -0.3 is 11.1 Å². The maximum absolute atomic E-state index is 13.0. The number of hydrogen-bond donors (Lipinski definition) is 2. The fourth-order valence-electron chi connectivity index (χ4n) is 2.40. The highest BCUT2D eigenvalue weighted by molar-refractivity contribution is 5.65. The number of hydrogen-bond acceptors (Lipinski definition) is 2. The number of rotatable bonds is 3. The van der Waals surface area contributed by atoms with Crippen LogP contribution in [0.15, 0.2) is 18.2 Å². The molecule has 16 heavy (non-hydrogen) atoms. The van der Waals surface area contributed by atoms with E-state index in [2.05, 4.69) is 12.2 Å². The van der Waals surface area contributed by atoms with Crippen LogP contribution in [0.3, 0.4) is 0 Å². The number of halogens is 1. The van der Waals surface area contributed by atoms with Crippen LogP contribution in [0.5, 0.6) is 0 Å². The van der Waals surface area contributed by atoms with E-state index < -0.39 is 0 Å². The summed E-state index contributed by atoms with van der Waals surface area (Å²) in [5.74, 6) is -0.242. The van der Waals surface area contributed by atoms with Crippen LogP contribution >= 0.6 is 0 Å². The molecular formula is C13H19FN2. The zero-order valence-electron chi connectivity index (χ0n) is 9.72. The van der Waals surface area contributed by atoms with Crippen molar-refractivity contribution in [3.63, 3.8) is 0 Å². The van der Waals surface area contributed by atoms with Gasteiger partial charge in [-0.05, 0) is 36.5 Å². The van der Waals surface area contributed by atoms with Crippen LogP contribution in [0.25, 0.3) is 0 Å². The molecule has 2 rings (SSSR count). The Labute approximate surface area is 96.0 Å². The molecule has 0 aliphatic heterocycles. The molecule has 1 saturated carbocycles. The van der Waals surface area contributed by atoms with Crippen LogP contribution in [0, 0.1) is 11.2 Å². The molecule has 1 aromatic carbocycles. The first-order valence-corrected chi connectivity index (χ1v) is 5.88. The third-order valence-electron chi connectivity index (χ3n) is 3.53. The van der Waals surface area contributed by atoms with Crippen molar-refractivity contribution in [2.45, 2.75) is 32.6 Å². The smallest absolute Gasteiger partial charge is 0.125 e. The van der Waals surface area contributed by atoms with E-state index in [-0.39, 0.29) is 5.82 Å². The van der Waals surface area contributed by atoms with Crippen molar-refractivity contribution in [3.8, 4) is 0 Å². The Bertz CT molecular complexity index is 370. The Kier molecular flexibility index (Phi) is 3.03. The van der Waals surface area contributed by atoms with Gasteiger partial charge in [-0.3, -0.25) is 0 Å². The average molecular weight is 222 g/mol. The summed E-state index contributed by atoms with van der Waals surface area (Å²) in [7, 11) is 0. The number of benzene rings is 1. The standard InChI is InChI=1S/C13H19FN2/c1-13(6-2-3-7-13)9-16-12-8-10(14)4-5-11(12)15/h4-5,8,16H,2-3,6-7,9,15H2,1H3. The topological polar surface area (TPSA) is 38.0 Å². The quantitative estimate of drug-likeness (QED) is 0.769. The Morgan fingerprint density at radius 1 is 1.38 bits per heavy atom. The Balaban J connectivity index is 2.01. The minimum absolute atomic E-state index is 0.242. The highest BCUT2D eigenvalue weighted by Gasteiger charge is 2.28. The zero-order chi connectivity index (χ0) is 11.6. The van der Waals surface area contributed by atoms with Crippen LogP contribution in [-0.2, 0) is 0 Å². The molecule has 2 nitrogen and oxygen atoms in total. The van der Waals surface area contributed by atoms with Gasteiger partial charge >= 0.3 is 0 Å². The zero-order valence-corrected chi connectivity index (χ0v) is 9.72. The summed E-state index contributed by atoms with van der Waals surface area (Å²) >= 11 is 0. The van der Waals surface area contributed by atoms with Gasteiger partial charge in [0, 0.05) is 6.54 Å². The van der Waals surface area contributed by atoms with Gasteiger partial charge in [0.1, 0.15) is 5.82 Å². The summed E-state index contributed by atoms with van der Waals surface area (Å²) in [6.45, 7) is 3.16. The molecule has 88 valence electrons. The van der Waals surface area contributed by atoms with Gasteiger partial charge in [0.25, 0.3) is 0 Å². The number of nitrogens with one attached hydrogen (secondary N) is 1. The van der Waals surface area contributed by atoms with Crippen molar-refractivity contribution in [1.82, 2.24) is 0 Å². The van der Waals surface area contributed by atoms with Crippen molar-refractivity contribution in [2.24, 2.45) is 5.41 Å². The molecule has 1 aliphatic carbocycles. The van der Waals surface area contributed by atoms with Gasteiger partial charge in [-0.1, -0.05) is 19.8 Å². The number of nitrogens with two attached hydrogens (primary N) is 1. The monoisotopic (exact) mass is 222 g/mol. The summed E-state index contributed by atoms with van der Waals surface area (Å²) < 4.78 is 13.0. The van der Waals surface area contributed by atoms with E-state index in [1.165, 1.54) is 37.8 Å². The lowest BCUT2D eigenvalue weighted by Crippen LogP contribution is -2.23. The molecule has 0 atom stereocenters. The van der Waals surface area contributed by atoms with Gasteiger partial charge in [-0.25, -0.2) is 4.39 Å². The average Bonchev–Trinajstić information content (AvgIpc) is 2.67. The molecule has 1 fully saturated rings. The Morgan fingerprint density at radius 2 is 2.06 bits per heavy atom. The van der Waals surface area contributed by atoms with Crippen LogP contribution < -0.4 is 11.1 Å². The molecule has 0 bridgehead atoms. The van der Waals surface area contributed by atoms with E-state index in [1.807, 2.05) is 0 Å². The third-order valence-corrected chi connectivity index (χ3v) is 3.53. The molecule has 3 N–H and O–H groups in total. The van der Waals surface area contributed by atoms with Gasteiger partial charge in [-0.15, -0.1) is 0 Å². The summed E-state index contributed by atoms with van der Waals surface area (Å²) in [6.07, 6.45) is 5.10. The molecule has 3 heteroatoms. The summed E-state index contributed by atoms with van der Waals surface area (Å²) in [5.41, 5.74) is 7.46. The van der Waals surface area contributed by atoms with Gasteiger partial charge in [0.2, 0.25) is 0 Å². The highest BCUT2D eigenvalue weighted by atomic mass is 19.1. The van der Waals surface area contributed by atoms with E-state index in [9.17, 15) is 4.39 Å². The molecule has 0 saturated heterocycles. The van der Waals surface area contributed by atoms with Crippen LogP contribution in [0.2, 0.25) is 0 Å². The molecule has 0 spiro atoms. The molecule has 0 radical (unpaired) electrons. The lowest BCUT2D eigenvalue weighted by molar-refractivity contribution is 0.362. The van der Waals surface area contributed by atoms with Gasteiger partial charge in [0.05, 0.1) is 11.4 Å². The SMILES string of the molecule is CC1(CNc2cc(F)ccc2N)CCCC1. The molecular weight excluding hydrogens is 203 g/mol. The maximum atomic E-state index is 13.0. The highest BCUT2D eigenvalue weighted by Crippen LogP contribution is 2.37. The lowest BCUT2D eigenvalue weighted by atomic mass is 9.89. The van der Waals surface area contributed by atoms with Gasteiger partial charge in [0.15, 0.2) is 0 Å². The van der Waals surface area contributed by atoms with E-state index in [1.54, 1.807) is 6.07 Å². The van der Waals surface area contributed by atoms with Crippen molar-refractivity contribution in [3.05, 3.63) is 24.0 Å².